The zero-order chi connectivity index (χ0) is 14.7. The molecule has 0 bridgehead atoms. The topological polar surface area (TPSA) is 108 Å². The van der Waals surface area contributed by atoms with Gasteiger partial charge < -0.3 is 10.4 Å². The van der Waals surface area contributed by atoms with Crippen LogP contribution in [0.3, 0.4) is 0 Å². The van der Waals surface area contributed by atoms with E-state index < -0.39 is 11.9 Å². The number of anilines is 1. The van der Waals surface area contributed by atoms with Crippen LogP contribution in [0.5, 0.6) is 0 Å². The van der Waals surface area contributed by atoms with Crippen LogP contribution in [0.25, 0.3) is 0 Å². The number of amides is 2. The van der Waals surface area contributed by atoms with Crippen LogP contribution in [0.1, 0.15) is 23.2 Å². The van der Waals surface area contributed by atoms with Crippen molar-refractivity contribution in [2.75, 3.05) is 5.32 Å². The molecule has 2 rings (SSSR count). The molecule has 104 valence electrons. The number of hydrogen-bond acceptors (Lipinski definition) is 4. The second-order valence-electron chi connectivity index (χ2n) is 4.05. The molecule has 0 saturated carbocycles. The van der Waals surface area contributed by atoms with Crippen molar-refractivity contribution in [2.24, 2.45) is 5.10 Å². The van der Waals surface area contributed by atoms with Crippen LogP contribution >= 0.6 is 15.9 Å². The zero-order valence-electron chi connectivity index (χ0n) is 10.1. The molecule has 1 heterocycles. The normalized spacial score (nSPS) is 14.2. The summed E-state index contributed by atoms with van der Waals surface area (Å²) in [4.78, 5) is 33.8. The average Bonchev–Trinajstić information content (AvgIpc) is 2.41. The molecule has 8 heteroatoms. The third-order valence-corrected chi connectivity index (χ3v) is 3.32. The van der Waals surface area contributed by atoms with Crippen molar-refractivity contribution in [1.29, 1.82) is 0 Å². The molecule has 0 aliphatic carbocycles. The lowest BCUT2D eigenvalue weighted by Crippen LogP contribution is -2.32. The van der Waals surface area contributed by atoms with Gasteiger partial charge in [-0.25, -0.2) is 10.2 Å². The monoisotopic (exact) mass is 339 g/mol. The molecule has 0 unspecified atom stereocenters. The van der Waals surface area contributed by atoms with Crippen LogP contribution in [0.15, 0.2) is 27.8 Å². The lowest BCUT2D eigenvalue weighted by molar-refractivity contribution is -0.121. The first-order valence-corrected chi connectivity index (χ1v) is 6.46. The molecule has 1 aliphatic heterocycles. The van der Waals surface area contributed by atoms with Crippen molar-refractivity contribution in [3.8, 4) is 0 Å². The first kappa shape index (κ1) is 14.2. The highest BCUT2D eigenvalue weighted by atomic mass is 79.9. The Morgan fingerprint density at radius 3 is 2.70 bits per heavy atom. The lowest BCUT2D eigenvalue weighted by Gasteiger charge is -2.13. The molecule has 20 heavy (non-hydrogen) atoms. The Bertz CT molecular complexity index is 627. The number of carboxylic acids is 1. The van der Waals surface area contributed by atoms with Gasteiger partial charge in [-0.05, 0) is 34.1 Å². The maximum absolute atomic E-state index is 11.9. The minimum atomic E-state index is -1.09. The Morgan fingerprint density at radius 2 is 2.10 bits per heavy atom. The predicted octanol–water partition coefficient (Wildman–Crippen LogP) is 1.35. The Balaban J connectivity index is 2.17. The van der Waals surface area contributed by atoms with E-state index in [1.165, 1.54) is 18.2 Å². The third-order valence-electron chi connectivity index (χ3n) is 2.63. The van der Waals surface area contributed by atoms with Crippen molar-refractivity contribution >= 4 is 45.1 Å². The van der Waals surface area contributed by atoms with E-state index in [2.05, 4.69) is 31.8 Å². The summed E-state index contributed by atoms with van der Waals surface area (Å²) < 4.78 is 0.552. The van der Waals surface area contributed by atoms with E-state index in [1.54, 1.807) is 0 Å². The van der Waals surface area contributed by atoms with Crippen LogP contribution in [-0.4, -0.2) is 28.6 Å². The van der Waals surface area contributed by atoms with Gasteiger partial charge in [-0.2, -0.15) is 5.10 Å². The number of hydrogen-bond donors (Lipinski definition) is 3. The van der Waals surface area contributed by atoms with Crippen molar-refractivity contribution in [3.05, 3.63) is 28.2 Å². The van der Waals surface area contributed by atoms with Crippen LogP contribution in [0, 0.1) is 0 Å². The molecule has 1 aliphatic rings. The van der Waals surface area contributed by atoms with Gasteiger partial charge in [0.25, 0.3) is 5.91 Å². The first-order valence-electron chi connectivity index (χ1n) is 5.67. The molecule has 7 nitrogen and oxygen atoms in total. The highest BCUT2D eigenvalue weighted by Gasteiger charge is 2.19. The van der Waals surface area contributed by atoms with E-state index in [-0.39, 0.29) is 30.0 Å². The van der Waals surface area contributed by atoms with Gasteiger partial charge in [-0.1, -0.05) is 0 Å². The summed E-state index contributed by atoms with van der Waals surface area (Å²) in [5, 5.41) is 15.1. The number of nitrogens with zero attached hydrogens (tertiary/aromatic N) is 1. The Kier molecular flexibility index (Phi) is 4.14. The molecule has 0 saturated heterocycles. The van der Waals surface area contributed by atoms with Gasteiger partial charge in [0.15, 0.2) is 0 Å². The Hall–Kier alpha value is -2.22. The van der Waals surface area contributed by atoms with Crippen LogP contribution in [0.2, 0.25) is 0 Å². The van der Waals surface area contributed by atoms with Crippen molar-refractivity contribution in [1.82, 2.24) is 5.43 Å². The van der Waals surface area contributed by atoms with E-state index >= 15 is 0 Å². The van der Waals surface area contributed by atoms with E-state index in [0.29, 0.717) is 10.2 Å². The second-order valence-corrected chi connectivity index (χ2v) is 4.90. The van der Waals surface area contributed by atoms with E-state index in [0.717, 1.165) is 0 Å². The standard InChI is InChI=1S/C12H10BrN3O4/c13-7-2-1-6(12(19)20)5-9(7)14-11(18)8-3-4-10(17)16-15-8/h1-2,5H,3-4H2,(H,14,18)(H,16,17)(H,19,20). The predicted molar refractivity (Wildman–Crippen MR) is 74.5 cm³/mol. The maximum Gasteiger partial charge on any atom is 0.335 e. The lowest BCUT2D eigenvalue weighted by atomic mass is 10.1. The molecule has 0 aromatic heterocycles. The highest BCUT2D eigenvalue weighted by Crippen LogP contribution is 2.24. The number of halogens is 1. The van der Waals surface area contributed by atoms with Gasteiger partial charge in [0, 0.05) is 17.3 Å². The van der Waals surface area contributed by atoms with Gasteiger partial charge in [-0.15, -0.1) is 0 Å². The molecule has 0 fully saturated rings. The molecule has 1 aromatic rings. The fourth-order valence-corrected chi connectivity index (χ4v) is 1.93. The maximum atomic E-state index is 11.9. The highest BCUT2D eigenvalue weighted by molar-refractivity contribution is 9.10. The first-order chi connectivity index (χ1) is 9.47. The molecule has 2 amide bonds. The number of carboxylic acid groups (broad SMARTS) is 1. The number of aromatic carboxylic acids is 1. The van der Waals surface area contributed by atoms with Crippen molar-refractivity contribution < 1.29 is 19.5 Å². The SMILES string of the molecule is O=C1CCC(C(=O)Nc2cc(C(=O)O)ccc2Br)=NN1. The quantitative estimate of drug-likeness (QED) is 0.772. The summed E-state index contributed by atoms with van der Waals surface area (Å²) >= 11 is 3.22. The zero-order valence-corrected chi connectivity index (χ0v) is 11.7. The average molecular weight is 340 g/mol. The summed E-state index contributed by atoms with van der Waals surface area (Å²) in [6.45, 7) is 0. The molecular formula is C12H10BrN3O4. The molecule has 0 atom stereocenters. The fraction of sp³-hybridized carbons (Fsp3) is 0.167. The van der Waals surface area contributed by atoms with Gasteiger partial charge in [0.2, 0.25) is 5.91 Å². The van der Waals surface area contributed by atoms with Gasteiger partial charge in [0.05, 0.1) is 11.3 Å². The number of carbonyl (C=O) groups excluding carboxylic acids is 2. The molecule has 1 aromatic carbocycles. The van der Waals surface area contributed by atoms with Gasteiger partial charge in [0.1, 0.15) is 5.71 Å². The largest absolute Gasteiger partial charge is 0.478 e. The Morgan fingerprint density at radius 1 is 1.35 bits per heavy atom. The molecular weight excluding hydrogens is 330 g/mol. The van der Waals surface area contributed by atoms with Crippen LogP contribution in [-0.2, 0) is 9.59 Å². The van der Waals surface area contributed by atoms with E-state index in [9.17, 15) is 14.4 Å². The second kappa shape index (κ2) is 5.83. The van der Waals surface area contributed by atoms with Crippen LogP contribution in [0.4, 0.5) is 5.69 Å². The van der Waals surface area contributed by atoms with E-state index in [4.69, 9.17) is 5.11 Å². The summed E-state index contributed by atoms with van der Waals surface area (Å²) in [5.41, 5.74) is 2.80. The minimum Gasteiger partial charge on any atom is -0.478 e. The van der Waals surface area contributed by atoms with Crippen molar-refractivity contribution in [3.63, 3.8) is 0 Å². The summed E-state index contributed by atoms with van der Waals surface area (Å²) in [5.74, 6) is -1.81. The molecule has 0 spiro atoms. The fourth-order valence-electron chi connectivity index (χ4n) is 1.59. The number of hydrazone groups is 1. The van der Waals surface area contributed by atoms with Crippen LogP contribution < -0.4 is 10.7 Å². The van der Waals surface area contributed by atoms with Gasteiger partial charge in [-0.3, -0.25) is 9.59 Å². The Labute approximate surface area is 122 Å². The molecule has 0 radical (unpaired) electrons. The molecule has 3 N–H and O–H groups in total. The summed E-state index contributed by atoms with van der Waals surface area (Å²) in [6, 6.07) is 4.29. The summed E-state index contributed by atoms with van der Waals surface area (Å²) in [6.07, 6.45) is 0.441. The number of rotatable bonds is 3. The van der Waals surface area contributed by atoms with E-state index in [1.807, 2.05) is 0 Å². The van der Waals surface area contributed by atoms with Gasteiger partial charge >= 0.3 is 5.97 Å². The smallest absolute Gasteiger partial charge is 0.335 e. The minimum absolute atomic E-state index is 0.0578. The number of benzene rings is 1. The number of nitrogens with one attached hydrogen (secondary N) is 2. The third kappa shape index (κ3) is 3.21. The van der Waals surface area contributed by atoms with Crippen molar-refractivity contribution in [2.45, 2.75) is 12.8 Å². The number of carbonyl (C=O) groups is 3. The summed E-state index contributed by atoms with van der Waals surface area (Å²) in [7, 11) is 0.